The Balaban J connectivity index is 1.79. The highest BCUT2D eigenvalue weighted by molar-refractivity contribution is 5.81. The minimum atomic E-state index is -0.129. The maximum atomic E-state index is 12.0. The second-order valence-corrected chi connectivity index (χ2v) is 4.42. The number of piperazine rings is 1. The van der Waals surface area contributed by atoms with Gasteiger partial charge in [-0.05, 0) is 13.8 Å². The van der Waals surface area contributed by atoms with Crippen molar-refractivity contribution in [2.24, 2.45) is 0 Å². The molecule has 1 saturated heterocycles. The molecule has 1 aromatic heterocycles. The zero-order valence-electron chi connectivity index (χ0n) is 10.8. The van der Waals surface area contributed by atoms with Crippen molar-refractivity contribution in [1.29, 1.82) is 0 Å². The second kappa shape index (κ2) is 5.92. The second-order valence-electron chi connectivity index (χ2n) is 4.42. The Labute approximate surface area is 106 Å². The van der Waals surface area contributed by atoms with E-state index in [9.17, 15) is 4.79 Å². The molecule has 1 aromatic rings. The first-order valence-corrected chi connectivity index (χ1v) is 6.18. The lowest BCUT2D eigenvalue weighted by Gasteiger charge is -2.31. The van der Waals surface area contributed by atoms with Crippen LogP contribution in [-0.4, -0.2) is 53.2 Å². The van der Waals surface area contributed by atoms with E-state index in [0.29, 0.717) is 11.7 Å². The van der Waals surface area contributed by atoms with Crippen molar-refractivity contribution in [2.45, 2.75) is 26.4 Å². The van der Waals surface area contributed by atoms with Crippen molar-refractivity contribution in [3.8, 4) is 0 Å². The summed E-state index contributed by atoms with van der Waals surface area (Å²) >= 11 is 0. The highest BCUT2D eigenvalue weighted by Crippen LogP contribution is 2.02. The molecule has 0 aliphatic carbocycles. The smallest absolute Gasteiger partial charge is 0.246 e. The largest absolute Gasteiger partial charge is 0.346 e. The molecule has 18 heavy (non-hydrogen) atoms. The first-order chi connectivity index (χ1) is 8.66. The summed E-state index contributed by atoms with van der Waals surface area (Å²) in [5.41, 5.74) is 0. The molecular formula is C11H19N5O2. The van der Waals surface area contributed by atoms with Crippen LogP contribution in [0.1, 0.15) is 18.6 Å². The molecule has 1 atom stereocenters. The summed E-state index contributed by atoms with van der Waals surface area (Å²) in [6.45, 7) is 7.61. The topological polar surface area (TPSA) is 83.3 Å². The number of hydrogen-bond donors (Lipinski definition) is 2. The molecule has 0 aromatic carbocycles. The molecule has 0 saturated carbocycles. The molecule has 1 aliphatic rings. The minimum absolute atomic E-state index is 0.00671. The molecule has 1 aliphatic heterocycles. The van der Waals surface area contributed by atoms with Gasteiger partial charge in [-0.1, -0.05) is 5.16 Å². The third-order valence-electron chi connectivity index (χ3n) is 3.06. The van der Waals surface area contributed by atoms with Gasteiger partial charge in [-0.2, -0.15) is 4.98 Å². The fourth-order valence-electron chi connectivity index (χ4n) is 1.96. The first-order valence-electron chi connectivity index (χ1n) is 6.18. The number of aromatic nitrogens is 2. The number of carbonyl (C=O) groups is 1. The summed E-state index contributed by atoms with van der Waals surface area (Å²) in [6.07, 6.45) is 0. The molecule has 1 unspecified atom stereocenters. The number of aryl methyl sites for hydroxylation is 1. The molecule has 1 fully saturated rings. The Morgan fingerprint density at radius 2 is 2.28 bits per heavy atom. The molecule has 2 N–H and O–H groups in total. The van der Waals surface area contributed by atoms with Gasteiger partial charge in [0.05, 0.1) is 12.6 Å². The van der Waals surface area contributed by atoms with Crippen LogP contribution in [0.25, 0.3) is 0 Å². The quantitative estimate of drug-likeness (QED) is 0.737. The highest BCUT2D eigenvalue weighted by Gasteiger charge is 2.22. The Morgan fingerprint density at radius 3 is 2.89 bits per heavy atom. The number of nitrogens with zero attached hydrogens (tertiary/aromatic N) is 3. The first kappa shape index (κ1) is 13.0. The summed E-state index contributed by atoms with van der Waals surface area (Å²) in [4.78, 5) is 18.2. The van der Waals surface area contributed by atoms with Gasteiger partial charge in [-0.3, -0.25) is 9.69 Å². The number of nitrogens with one attached hydrogen (secondary N) is 2. The Hall–Kier alpha value is -1.47. The predicted octanol–water partition coefficient (Wildman–Crippen LogP) is -0.712. The van der Waals surface area contributed by atoms with Crippen LogP contribution in [0.2, 0.25) is 0 Å². The summed E-state index contributed by atoms with van der Waals surface area (Å²) in [7, 11) is 0. The van der Waals surface area contributed by atoms with Crippen molar-refractivity contribution in [1.82, 2.24) is 25.7 Å². The zero-order valence-corrected chi connectivity index (χ0v) is 10.8. The van der Waals surface area contributed by atoms with Crippen LogP contribution in [0.5, 0.6) is 0 Å². The van der Waals surface area contributed by atoms with Crippen molar-refractivity contribution >= 4 is 5.91 Å². The lowest BCUT2D eigenvalue weighted by molar-refractivity contribution is -0.126. The van der Waals surface area contributed by atoms with E-state index in [1.807, 2.05) is 6.92 Å². The molecule has 0 spiro atoms. The third kappa shape index (κ3) is 3.27. The van der Waals surface area contributed by atoms with Gasteiger partial charge in [0, 0.05) is 26.2 Å². The SMILES string of the molecule is Cc1noc(CNC(=O)C(C)N2CCNCC2)n1. The van der Waals surface area contributed by atoms with Crippen LogP contribution in [0, 0.1) is 6.92 Å². The van der Waals surface area contributed by atoms with Gasteiger partial charge in [-0.15, -0.1) is 0 Å². The van der Waals surface area contributed by atoms with Crippen LogP contribution >= 0.6 is 0 Å². The minimum Gasteiger partial charge on any atom is -0.346 e. The van der Waals surface area contributed by atoms with Gasteiger partial charge in [0.15, 0.2) is 5.82 Å². The molecule has 2 rings (SSSR count). The fraction of sp³-hybridized carbons (Fsp3) is 0.727. The van der Waals surface area contributed by atoms with Crippen LogP contribution in [0.3, 0.4) is 0 Å². The fourth-order valence-corrected chi connectivity index (χ4v) is 1.96. The van der Waals surface area contributed by atoms with E-state index >= 15 is 0 Å². The lowest BCUT2D eigenvalue weighted by atomic mass is 10.2. The summed E-state index contributed by atoms with van der Waals surface area (Å²) in [5.74, 6) is 1.01. The number of rotatable bonds is 4. The van der Waals surface area contributed by atoms with E-state index in [2.05, 4.69) is 25.7 Å². The Morgan fingerprint density at radius 1 is 1.56 bits per heavy atom. The molecule has 2 heterocycles. The Bertz CT molecular complexity index is 400. The number of amides is 1. The van der Waals surface area contributed by atoms with Crippen molar-refractivity contribution < 1.29 is 9.32 Å². The van der Waals surface area contributed by atoms with Crippen LogP contribution in [0.4, 0.5) is 0 Å². The lowest BCUT2D eigenvalue weighted by Crippen LogP contribution is -2.52. The van der Waals surface area contributed by atoms with Crippen LogP contribution < -0.4 is 10.6 Å². The predicted molar refractivity (Wildman–Crippen MR) is 64.8 cm³/mol. The van der Waals surface area contributed by atoms with Gasteiger partial charge in [0.2, 0.25) is 11.8 Å². The average Bonchev–Trinajstić information content (AvgIpc) is 2.82. The number of hydrogen-bond acceptors (Lipinski definition) is 6. The normalized spacial score (nSPS) is 18.6. The van der Waals surface area contributed by atoms with E-state index in [1.54, 1.807) is 6.92 Å². The maximum absolute atomic E-state index is 12.0. The average molecular weight is 253 g/mol. The standard InChI is InChI=1S/C11H19N5O2/c1-8(16-5-3-12-4-6-16)11(17)13-7-10-14-9(2)15-18-10/h8,12H,3-7H2,1-2H3,(H,13,17). The van der Waals surface area contributed by atoms with Gasteiger partial charge in [0.1, 0.15) is 0 Å². The molecule has 100 valence electrons. The molecule has 7 nitrogen and oxygen atoms in total. The van der Waals surface area contributed by atoms with Crippen LogP contribution in [0.15, 0.2) is 4.52 Å². The van der Waals surface area contributed by atoms with E-state index < -0.39 is 0 Å². The zero-order chi connectivity index (χ0) is 13.0. The van der Waals surface area contributed by atoms with Gasteiger partial charge in [-0.25, -0.2) is 0 Å². The van der Waals surface area contributed by atoms with Gasteiger partial charge >= 0.3 is 0 Å². The van der Waals surface area contributed by atoms with E-state index in [0.717, 1.165) is 26.2 Å². The van der Waals surface area contributed by atoms with Crippen molar-refractivity contribution in [2.75, 3.05) is 26.2 Å². The summed E-state index contributed by atoms with van der Waals surface area (Å²) < 4.78 is 4.94. The molecule has 7 heteroatoms. The third-order valence-corrected chi connectivity index (χ3v) is 3.06. The molecular weight excluding hydrogens is 234 g/mol. The van der Waals surface area contributed by atoms with Crippen LogP contribution in [-0.2, 0) is 11.3 Å². The summed E-state index contributed by atoms with van der Waals surface area (Å²) in [5, 5.41) is 9.75. The van der Waals surface area contributed by atoms with Gasteiger partial charge in [0.25, 0.3) is 0 Å². The monoisotopic (exact) mass is 253 g/mol. The molecule has 0 bridgehead atoms. The van der Waals surface area contributed by atoms with Gasteiger partial charge < -0.3 is 15.2 Å². The van der Waals surface area contributed by atoms with E-state index in [1.165, 1.54) is 0 Å². The number of carbonyl (C=O) groups excluding carboxylic acids is 1. The molecule has 0 radical (unpaired) electrons. The van der Waals surface area contributed by atoms with E-state index in [-0.39, 0.29) is 18.5 Å². The molecule has 1 amide bonds. The summed E-state index contributed by atoms with van der Waals surface area (Å²) in [6, 6.07) is -0.129. The van der Waals surface area contributed by atoms with E-state index in [4.69, 9.17) is 4.52 Å². The maximum Gasteiger partial charge on any atom is 0.246 e. The Kier molecular flexibility index (Phi) is 4.27. The van der Waals surface area contributed by atoms with Crippen molar-refractivity contribution in [3.63, 3.8) is 0 Å². The highest BCUT2D eigenvalue weighted by atomic mass is 16.5. The van der Waals surface area contributed by atoms with Crippen molar-refractivity contribution in [3.05, 3.63) is 11.7 Å².